The number of hydrogen-bond acceptors (Lipinski definition) is 5. The van der Waals surface area contributed by atoms with Gasteiger partial charge in [-0.05, 0) is 20.8 Å². The number of rotatable bonds is 3. The first-order valence-corrected chi connectivity index (χ1v) is 3.90. The summed E-state index contributed by atoms with van der Waals surface area (Å²) in [4.78, 5) is 21.1. The van der Waals surface area contributed by atoms with Crippen LogP contribution in [0.3, 0.4) is 0 Å². The summed E-state index contributed by atoms with van der Waals surface area (Å²) in [5.74, 6) is -2.09. The second-order valence-electron chi connectivity index (χ2n) is 3.72. The molecule has 0 fully saturated rings. The first-order chi connectivity index (χ1) is 5.72. The van der Waals surface area contributed by atoms with Gasteiger partial charge in [0, 0.05) is 12.4 Å². The van der Waals surface area contributed by atoms with E-state index in [1.807, 2.05) is 0 Å². The summed E-state index contributed by atoms with van der Waals surface area (Å²) in [5.41, 5.74) is 4.58. The first kappa shape index (κ1) is 11.9. The standard InChI is InChI=1S/C8H15NO4/c1-8(2,3)13-7(12)5(9)4-6(10)11/h5H,4,9H2,1-3H3,(H,10,11)/p-1/t5-/m0/s1. The summed E-state index contributed by atoms with van der Waals surface area (Å²) < 4.78 is 4.85. The molecule has 0 aliphatic heterocycles. The van der Waals surface area contributed by atoms with E-state index in [2.05, 4.69) is 0 Å². The van der Waals surface area contributed by atoms with Crippen LogP contribution in [0.25, 0.3) is 0 Å². The fraction of sp³-hybridized carbons (Fsp3) is 0.750. The van der Waals surface area contributed by atoms with Crippen LogP contribution < -0.4 is 10.8 Å². The van der Waals surface area contributed by atoms with E-state index in [-0.39, 0.29) is 0 Å². The Morgan fingerprint density at radius 1 is 1.46 bits per heavy atom. The third-order valence-electron chi connectivity index (χ3n) is 1.10. The van der Waals surface area contributed by atoms with E-state index in [1.54, 1.807) is 20.8 Å². The number of carbonyl (C=O) groups is 2. The Morgan fingerprint density at radius 3 is 2.23 bits per heavy atom. The molecule has 0 aromatic rings. The number of aliphatic carboxylic acids is 1. The molecule has 2 N–H and O–H groups in total. The Bertz CT molecular complexity index is 207. The van der Waals surface area contributed by atoms with Crippen LogP contribution in [0.15, 0.2) is 0 Å². The quantitative estimate of drug-likeness (QED) is 0.561. The summed E-state index contributed by atoms with van der Waals surface area (Å²) in [7, 11) is 0. The molecule has 0 aromatic carbocycles. The normalized spacial score (nSPS) is 13.5. The smallest absolute Gasteiger partial charge is 0.323 e. The topological polar surface area (TPSA) is 92.5 Å². The number of carboxylic acids is 1. The highest BCUT2D eigenvalue weighted by Gasteiger charge is 2.21. The van der Waals surface area contributed by atoms with E-state index >= 15 is 0 Å². The van der Waals surface area contributed by atoms with Gasteiger partial charge in [-0.1, -0.05) is 0 Å². The van der Waals surface area contributed by atoms with Gasteiger partial charge in [0.05, 0.1) is 0 Å². The lowest BCUT2D eigenvalue weighted by Crippen LogP contribution is -2.41. The van der Waals surface area contributed by atoms with E-state index in [4.69, 9.17) is 10.5 Å². The Morgan fingerprint density at radius 2 is 1.92 bits per heavy atom. The fourth-order valence-electron chi connectivity index (χ4n) is 0.640. The van der Waals surface area contributed by atoms with Crippen LogP contribution in [0.1, 0.15) is 27.2 Å². The number of nitrogens with two attached hydrogens (primary N) is 1. The van der Waals surface area contributed by atoms with Gasteiger partial charge in [-0.25, -0.2) is 0 Å². The first-order valence-electron chi connectivity index (χ1n) is 3.90. The average Bonchev–Trinajstić information content (AvgIpc) is 1.81. The van der Waals surface area contributed by atoms with Gasteiger partial charge in [0.1, 0.15) is 11.6 Å². The molecule has 1 atom stereocenters. The predicted octanol–water partition coefficient (Wildman–Crippen LogP) is -1.20. The molecule has 0 saturated heterocycles. The van der Waals surface area contributed by atoms with Crippen molar-refractivity contribution in [1.82, 2.24) is 0 Å². The van der Waals surface area contributed by atoms with Crippen LogP contribution in [-0.4, -0.2) is 23.6 Å². The number of ether oxygens (including phenoxy) is 1. The number of esters is 1. The highest BCUT2D eigenvalue weighted by Crippen LogP contribution is 2.08. The van der Waals surface area contributed by atoms with Crippen LogP contribution in [0.2, 0.25) is 0 Å². The van der Waals surface area contributed by atoms with E-state index in [0.717, 1.165) is 0 Å². The van der Waals surface area contributed by atoms with Crippen LogP contribution >= 0.6 is 0 Å². The van der Waals surface area contributed by atoms with Crippen molar-refractivity contribution in [1.29, 1.82) is 0 Å². The molecule has 0 heterocycles. The van der Waals surface area contributed by atoms with Gasteiger partial charge >= 0.3 is 5.97 Å². The molecule has 0 aromatic heterocycles. The Hall–Kier alpha value is -1.10. The van der Waals surface area contributed by atoms with Crippen LogP contribution in [0, 0.1) is 0 Å². The molecule has 0 spiro atoms. The van der Waals surface area contributed by atoms with Gasteiger partial charge < -0.3 is 20.4 Å². The third-order valence-corrected chi connectivity index (χ3v) is 1.10. The summed E-state index contributed by atoms with van der Waals surface area (Å²) in [6, 6.07) is -1.15. The van der Waals surface area contributed by atoms with Crippen molar-refractivity contribution < 1.29 is 19.4 Å². The average molecular weight is 188 g/mol. The van der Waals surface area contributed by atoms with Gasteiger partial charge in [-0.2, -0.15) is 0 Å². The second-order valence-corrected chi connectivity index (χ2v) is 3.72. The molecule has 0 rings (SSSR count). The SMILES string of the molecule is CC(C)(C)OC(=O)[C@@H](N)CC(=O)[O-]. The molecular formula is C8H14NO4-. The minimum Gasteiger partial charge on any atom is -0.550 e. The zero-order valence-corrected chi connectivity index (χ0v) is 7.99. The molecule has 0 amide bonds. The molecular weight excluding hydrogens is 174 g/mol. The fourth-order valence-corrected chi connectivity index (χ4v) is 0.640. The van der Waals surface area contributed by atoms with Crippen molar-refractivity contribution in [2.75, 3.05) is 0 Å². The number of hydrogen-bond donors (Lipinski definition) is 1. The minimum absolute atomic E-state index is 0.519. The summed E-state index contributed by atoms with van der Waals surface area (Å²) in [6.07, 6.45) is -0.519. The van der Waals surface area contributed by atoms with E-state index < -0.39 is 30.0 Å². The number of carbonyl (C=O) groups excluding carboxylic acids is 2. The van der Waals surface area contributed by atoms with Gasteiger partial charge in [0.15, 0.2) is 0 Å². The van der Waals surface area contributed by atoms with Crippen LogP contribution in [0.4, 0.5) is 0 Å². The van der Waals surface area contributed by atoms with Gasteiger partial charge in [0.25, 0.3) is 0 Å². The molecule has 0 aliphatic rings. The lowest BCUT2D eigenvalue weighted by Gasteiger charge is -2.22. The zero-order chi connectivity index (χ0) is 10.6. The van der Waals surface area contributed by atoms with E-state index in [9.17, 15) is 14.7 Å². The van der Waals surface area contributed by atoms with Gasteiger partial charge in [-0.3, -0.25) is 4.79 Å². The highest BCUT2D eigenvalue weighted by molar-refractivity contribution is 5.81. The highest BCUT2D eigenvalue weighted by atomic mass is 16.6. The lowest BCUT2D eigenvalue weighted by atomic mass is 10.1. The van der Waals surface area contributed by atoms with Crippen molar-refractivity contribution in [3.05, 3.63) is 0 Å². The zero-order valence-electron chi connectivity index (χ0n) is 7.99. The molecule has 0 aliphatic carbocycles. The van der Waals surface area contributed by atoms with Gasteiger partial charge in [0.2, 0.25) is 0 Å². The van der Waals surface area contributed by atoms with Crippen molar-refractivity contribution in [3.63, 3.8) is 0 Å². The van der Waals surface area contributed by atoms with E-state index in [1.165, 1.54) is 0 Å². The monoisotopic (exact) mass is 188 g/mol. The Balaban J connectivity index is 4.05. The van der Waals surface area contributed by atoms with E-state index in [0.29, 0.717) is 0 Å². The maximum atomic E-state index is 11.1. The largest absolute Gasteiger partial charge is 0.550 e. The molecule has 5 nitrogen and oxygen atoms in total. The summed E-state index contributed by atoms with van der Waals surface area (Å²) >= 11 is 0. The summed E-state index contributed by atoms with van der Waals surface area (Å²) in [5, 5.41) is 10.1. The molecule has 0 bridgehead atoms. The maximum Gasteiger partial charge on any atom is 0.323 e. The third kappa shape index (κ3) is 6.10. The molecule has 0 radical (unpaired) electrons. The lowest BCUT2D eigenvalue weighted by molar-refractivity contribution is -0.306. The number of carboxylic acid groups (broad SMARTS) is 1. The Labute approximate surface area is 76.9 Å². The molecule has 0 unspecified atom stereocenters. The molecule has 0 saturated carbocycles. The maximum absolute atomic E-state index is 11.1. The van der Waals surface area contributed by atoms with Crippen molar-refractivity contribution in [3.8, 4) is 0 Å². The summed E-state index contributed by atoms with van der Waals surface area (Å²) in [6.45, 7) is 5.03. The minimum atomic E-state index is -1.36. The Kier molecular flexibility index (Phi) is 3.87. The van der Waals surface area contributed by atoms with Crippen molar-refractivity contribution in [2.24, 2.45) is 5.73 Å². The van der Waals surface area contributed by atoms with Crippen molar-refractivity contribution in [2.45, 2.75) is 38.8 Å². The van der Waals surface area contributed by atoms with Crippen LogP contribution in [0.5, 0.6) is 0 Å². The molecule has 5 heteroatoms. The van der Waals surface area contributed by atoms with Crippen molar-refractivity contribution >= 4 is 11.9 Å². The van der Waals surface area contributed by atoms with Crippen LogP contribution in [-0.2, 0) is 14.3 Å². The molecule has 76 valence electrons. The second kappa shape index (κ2) is 4.23. The molecule has 13 heavy (non-hydrogen) atoms. The van der Waals surface area contributed by atoms with Gasteiger partial charge in [-0.15, -0.1) is 0 Å². The predicted molar refractivity (Wildman–Crippen MR) is 43.4 cm³/mol.